The number of halogens is 2. The van der Waals surface area contributed by atoms with Gasteiger partial charge in [0.05, 0.1) is 22.3 Å². The van der Waals surface area contributed by atoms with E-state index < -0.39 is 5.60 Å². The number of hydrogen-bond donors (Lipinski definition) is 0. The van der Waals surface area contributed by atoms with Gasteiger partial charge in [-0.25, -0.2) is 4.79 Å². The topological polar surface area (TPSA) is 42.1 Å². The van der Waals surface area contributed by atoms with Gasteiger partial charge in [0, 0.05) is 23.9 Å². The first-order valence-electron chi connectivity index (χ1n) is 10.1. The molecule has 2 heterocycles. The number of carbonyl (C=O) groups excluding carboxylic acids is 1. The number of amides is 1. The Labute approximate surface area is 177 Å². The monoisotopic (exact) mass is 425 g/mol. The van der Waals surface area contributed by atoms with Crippen molar-refractivity contribution in [3.8, 4) is 0 Å². The van der Waals surface area contributed by atoms with E-state index in [2.05, 4.69) is 19.9 Å². The first kappa shape index (κ1) is 20.3. The summed E-state index contributed by atoms with van der Waals surface area (Å²) in [5, 5.41) is 1.16. The third kappa shape index (κ3) is 3.22. The zero-order chi connectivity index (χ0) is 20.5. The van der Waals surface area contributed by atoms with Gasteiger partial charge in [0.1, 0.15) is 5.60 Å². The van der Waals surface area contributed by atoms with Crippen molar-refractivity contribution < 1.29 is 14.3 Å². The predicted molar refractivity (Wildman–Crippen MR) is 111 cm³/mol. The van der Waals surface area contributed by atoms with Gasteiger partial charge in [0.25, 0.3) is 0 Å². The van der Waals surface area contributed by atoms with Gasteiger partial charge >= 0.3 is 6.09 Å². The molecule has 1 aromatic carbocycles. The molecule has 28 heavy (non-hydrogen) atoms. The van der Waals surface area contributed by atoms with Gasteiger partial charge in [-0.15, -0.1) is 0 Å². The zero-order valence-electron chi connectivity index (χ0n) is 17.2. The summed E-state index contributed by atoms with van der Waals surface area (Å²) in [5.41, 5.74) is 0.633. The van der Waals surface area contributed by atoms with E-state index in [4.69, 9.17) is 32.7 Å². The molecule has 2 aliphatic heterocycles. The average Bonchev–Trinajstić information content (AvgIpc) is 3.47. The highest BCUT2D eigenvalue weighted by Gasteiger charge is 2.78. The van der Waals surface area contributed by atoms with Crippen molar-refractivity contribution in [2.75, 3.05) is 13.1 Å². The van der Waals surface area contributed by atoms with E-state index >= 15 is 0 Å². The maximum absolute atomic E-state index is 12.7. The van der Waals surface area contributed by atoms with Crippen LogP contribution < -0.4 is 0 Å². The third-order valence-electron chi connectivity index (χ3n) is 6.58. The molecule has 2 saturated heterocycles. The molecular formula is C22H29Cl2NO3. The molecule has 0 radical (unpaired) electrons. The molecule has 4 unspecified atom stereocenters. The summed E-state index contributed by atoms with van der Waals surface area (Å²) in [6, 6.07) is 5.97. The number of benzene rings is 1. The third-order valence-corrected chi connectivity index (χ3v) is 7.32. The fourth-order valence-corrected chi connectivity index (χ4v) is 5.43. The summed E-state index contributed by atoms with van der Waals surface area (Å²) in [7, 11) is 0. The maximum Gasteiger partial charge on any atom is 0.410 e. The van der Waals surface area contributed by atoms with E-state index in [0.29, 0.717) is 29.1 Å². The number of epoxide rings is 1. The Bertz CT molecular complexity index is 805. The van der Waals surface area contributed by atoms with Crippen LogP contribution in [0.5, 0.6) is 0 Å². The number of piperidine rings is 1. The van der Waals surface area contributed by atoms with E-state index in [1.54, 1.807) is 0 Å². The first-order valence-corrected chi connectivity index (χ1v) is 10.8. The quantitative estimate of drug-likeness (QED) is 0.584. The van der Waals surface area contributed by atoms with Gasteiger partial charge in [-0.2, -0.15) is 0 Å². The van der Waals surface area contributed by atoms with Gasteiger partial charge in [-0.3, -0.25) is 0 Å². The van der Waals surface area contributed by atoms with E-state index in [0.717, 1.165) is 12.8 Å². The van der Waals surface area contributed by atoms with Crippen LogP contribution in [0.1, 0.15) is 53.0 Å². The molecule has 4 atom stereocenters. The van der Waals surface area contributed by atoms with E-state index in [9.17, 15) is 4.79 Å². The van der Waals surface area contributed by atoms with E-state index in [1.165, 1.54) is 5.56 Å². The fraction of sp³-hybridized carbons (Fsp3) is 0.682. The predicted octanol–water partition coefficient (Wildman–Crippen LogP) is 5.69. The van der Waals surface area contributed by atoms with Crippen LogP contribution >= 0.6 is 23.2 Å². The summed E-state index contributed by atoms with van der Waals surface area (Å²) >= 11 is 12.5. The number of rotatable bonds is 3. The highest BCUT2D eigenvalue weighted by atomic mass is 35.5. The summed E-state index contributed by atoms with van der Waals surface area (Å²) in [4.78, 5) is 14.6. The Morgan fingerprint density at radius 1 is 1.29 bits per heavy atom. The minimum atomic E-state index is -0.497. The molecular weight excluding hydrogens is 397 g/mol. The molecule has 1 saturated carbocycles. The normalized spacial score (nSPS) is 34.2. The molecule has 3 aliphatic rings. The van der Waals surface area contributed by atoms with Gasteiger partial charge in [-0.1, -0.05) is 43.1 Å². The van der Waals surface area contributed by atoms with Crippen LogP contribution in [0.2, 0.25) is 10.0 Å². The van der Waals surface area contributed by atoms with Gasteiger partial charge < -0.3 is 14.4 Å². The molecule has 4 nitrogen and oxygen atoms in total. The number of nitrogens with zero attached hydrogens (tertiary/aromatic N) is 1. The second-order valence-corrected chi connectivity index (χ2v) is 10.8. The number of likely N-dealkylation sites (tertiary alicyclic amines) is 1. The molecule has 1 aromatic rings. The number of ether oxygens (including phenoxy) is 2. The van der Waals surface area contributed by atoms with Crippen LogP contribution in [0, 0.1) is 11.3 Å². The summed E-state index contributed by atoms with van der Waals surface area (Å²) in [6.07, 6.45) is 2.08. The lowest BCUT2D eigenvalue weighted by Gasteiger charge is -2.38. The van der Waals surface area contributed by atoms with E-state index in [-0.39, 0.29) is 29.1 Å². The summed E-state index contributed by atoms with van der Waals surface area (Å²) in [5.74, 6) is 0.461. The van der Waals surface area contributed by atoms with Gasteiger partial charge in [-0.05, 0) is 57.2 Å². The smallest absolute Gasteiger partial charge is 0.410 e. The van der Waals surface area contributed by atoms with Crippen molar-refractivity contribution in [3.63, 3.8) is 0 Å². The number of carbonyl (C=O) groups is 1. The minimum Gasteiger partial charge on any atom is -0.444 e. The Morgan fingerprint density at radius 3 is 2.57 bits per heavy atom. The van der Waals surface area contributed by atoms with Gasteiger partial charge in [0.2, 0.25) is 0 Å². The van der Waals surface area contributed by atoms with Crippen LogP contribution in [0.3, 0.4) is 0 Å². The van der Waals surface area contributed by atoms with Crippen molar-refractivity contribution in [3.05, 3.63) is 33.8 Å². The van der Waals surface area contributed by atoms with E-state index in [1.807, 2.05) is 37.8 Å². The molecule has 154 valence electrons. The standard InChI is InChI=1S/C22H29Cl2NO3/c1-13(2)17-18(27-17)22-11-21(22,14-6-7-15(23)16(24)10-14)8-9-25(12-22)19(26)28-20(3,4)5/h6-7,10,13,17-18H,8-9,11-12H2,1-5H3. The Morgan fingerprint density at radius 2 is 2.00 bits per heavy atom. The lowest BCUT2D eigenvalue weighted by molar-refractivity contribution is 0.0118. The highest BCUT2D eigenvalue weighted by molar-refractivity contribution is 6.42. The van der Waals surface area contributed by atoms with Crippen molar-refractivity contribution in [2.45, 2.75) is 70.7 Å². The lowest BCUT2D eigenvalue weighted by Crippen LogP contribution is -2.49. The second-order valence-electron chi connectivity index (χ2n) is 9.96. The Balaban J connectivity index is 1.63. The molecule has 0 N–H and O–H groups in total. The average molecular weight is 426 g/mol. The first-order chi connectivity index (χ1) is 13.0. The molecule has 0 bridgehead atoms. The molecule has 6 heteroatoms. The van der Waals surface area contributed by atoms with Crippen molar-refractivity contribution >= 4 is 29.3 Å². The maximum atomic E-state index is 12.7. The summed E-state index contributed by atoms with van der Waals surface area (Å²) < 4.78 is 11.8. The number of fused-ring (bicyclic) bond motifs is 1. The van der Waals surface area contributed by atoms with Crippen molar-refractivity contribution in [1.82, 2.24) is 4.90 Å². The van der Waals surface area contributed by atoms with Gasteiger partial charge in [0.15, 0.2) is 0 Å². The number of hydrogen-bond acceptors (Lipinski definition) is 3. The zero-order valence-corrected chi connectivity index (χ0v) is 18.7. The molecule has 0 spiro atoms. The summed E-state index contributed by atoms with van der Waals surface area (Å²) in [6.45, 7) is 11.4. The van der Waals surface area contributed by atoms with Crippen LogP contribution in [0.15, 0.2) is 18.2 Å². The fourth-order valence-electron chi connectivity index (χ4n) is 5.13. The van der Waals surface area contributed by atoms with Crippen molar-refractivity contribution in [2.24, 2.45) is 11.3 Å². The van der Waals surface area contributed by atoms with Crippen LogP contribution in [0.25, 0.3) is 0 Å². The van der Waals surface area contributed by atoms with Crippen LogP contribution in [0.4, 0.5) is 4.79 Å². The molecule has 1 aliphatic carbocycles. The Hall–Kier alpha value is -0.970. The molecule has 3 fully saturated rings. The second kappa shape index (κ2) is 6.52. The lowest BCUT2D eigenvalue weighted by atomic mass is 9.77. The van der Waals surface area contributed by atoms with Crippen molar-refractivity contribution in [1.29, 1.82) is 0 Å². The highest BCUT2D eigenvalue weighted by Crippen LogP contribution is 2.74. The van der Waals surface area contributed by atoms with Crippen LogP contribution in [-0.4, -0.2) is 41.9 Å². The largest absolute Gasteiger partial charge is 0.444 e. The van der Waals surface area contributed by atoms with Crippen LogP contribution in [-0.2, 0) is 14.9 Å². The SMILES string of the molecule is CC(C)C1OC1C12CN(C(=O)OC(C)(C)C)CCC1(c1ccc(Cl)c(Cl)c1)C2. The minimum absolute atomic E-state index is 0.00590. The molecule has 4 rings (SSSR count). The molecule has 0 aromatic heterocycles. The molecule has 1 amide bonds. The Kier molecular flexibility index (Phi) is 4.73.